The van der Waals surface area contributed by atoms with Crippen molar-refractivity contribution < 1.29 is 28.2 Å². The SMILES string of the molecule is NC(=O)C1CC(O)CN1C(=O)c1ccc(N2CC(F)(F)C2)c(OCC2CC2)n1. The molecule has 2 saturated heterocycles. The minimum Gasteiger partial charge on any atom is -0.476 e. The van der Waals surface area contributed by atoms with Crippen molar-refractivity contribution in [2.75, 3.05) is 31.1 Å². The maximum absolute atomic E-state index is 13.3. The van der Waals surface area contributed by atoms with Gasteiger partial charge in [0, 0.05) is 13.0 Å². The number of primary amides is 1. The number of ether oxygens (including phenoxy) is 1. The van der Waals surface area contributed by atoms with Gasteiger partial charge in [0.05, 0.1) is 25.8 Å². The summed E-state index contributed by atoms with van der Waals surface area (Å²) < 4.78 is 32.3. The summed E-state index contributed by atoms with van der Waals surface area (Å²) >= 11 is 0. The van der Waals surface area contributed by atoms with Crippen molar-refractivity contribution in [3.63, 3.8) is 0 Å². The fourth-order valence-corrected chi connectivity index (χ4v) is 3.52. The van der Waals surface area contributed by atoms with Gasteiger partial charge in [0.1, 0.15) is 17.4 Å². The summed E-state index contributed by atoms with van der Waals surface area (Å²) in [6.07, 6.45) is 1.32. The molecule has 1 saturated carbocycles. The molecule has 152 valence electrons. The fraction of sp³-hybridized carbons (Fsp3) is 0.611. The summed E-state index contributed by atoms with van der Waals surface area (Å²) in [5.41, 5.74) is 5.76. The van der Waals surface area contributed by atoms with Crippen molar-refractivity contribution >= 4 is 17.5 Å². The molecule has 3 N–H and O–H groups in total. The molecular weight excluding hydrogens is 374 g/mol. The first-order valence-corrected chi connectivity index (χ1v) is 9.28. The zero-order valence-corrected chi connectivity index (χ0v) is 15.2. The van der Waals surface area contributed by atoms with Crippen LogP contribution in [0, 0.1) is 5.92 Å². The lowest BCUT2D eigenvalue weighted by molar-refractivity contribution is -0.121. The van der Waals surface area contributed by atoms with Crippen LogP contribution in [0.2, 0.25) is 0 Å². The Kier molecular flexibility index (Phi) is 4.60. The second kappa shape index (κ2) is 6.84. The molecule has 3 fully saturated rings. The van der Waals surface area contributed by atoms with E-state index in [1.165, 1.54) is 21.9 Å². The summed E-state index contributed by atoms with van der Waals surface area (Å²) in [5.74, 6) is -3.46. The number of β-amino-alcohol motifs (C(OH)–C–C–N with tert-alkyl or cyclic N) is 1. The topological polar surface area (TPSA) is 109 Å². The Morgan fingerprint density at radius 2 is 2.04 bits per heavy atom. The van der Waals surface area contributed by atoms with E-state index in [0.717, 1.165) is 12.8 Å². The maximum Gasteiger partial charge on any atom is 0.282 e. The van der Waals surface area contributed by atoms with Crippen LogP contribution in [0.1, 0.15) is 29.8 Å². The molecule has 2 amide bonds. The summed E-state index contributed by atoms with van der Waals surface area (Å²) in [6, 6.07) is 2.04. The quantitative estimate of drug-likeness (QED) is 0.720. The number of aliphatic hydroxyl groups excluding tert-OH is 1. The predicted molar refractivity (Wildman–Crippen MR) is 94.3 cm³/mol. The van der Waals surface area contributed by atoms with Gasteiger partial charge in [-0.3, -0.25) is 9.59 Å². The number of nitrogens with two attached hydrogens (primary N) is 1. The number of likely N-dealkylation sites (tertiary alicyclic amines) is 1. The second-order valence-electron chi connectivity index (χ2n) is 7.75. The molecule has 2 aliphatic heterocycles. The van der Waals surface area contributed by atoms with Crippen LogP contribution in [0.25, 0.3) is 0 Å². The van der Waals surface area contributed by atoms with Crippen molar-refractivity contribution in [1.29, 1.82) is 0 Å². The first kappa shape index (κ1) is 18.9. The van der Waals surface area contributed by atoms with E-state index < -0.39 is 43.0 Å². The highest BCUT2D eigenvalue weighted by atomic mass is 19.3. The van der Waals surface area contributed by atoms with E-state index in [9.17, 15) is 23.5 Å². The van der Waals surface area contributed by atoms with Crippen molar-refractivity contribution in [1.82, 2.24) is 9.88 Å². The second-order valence-corrected chi connectivity index (χ2v) is 7.75. The van der Waals surface area contributed by atoms with E-state index in [0.29, 0.717) is 18.2 Å². The third-order valence-electron chi connectivity index (χ3n) is 5.27. The maximum atomic E-state index is 13.3. The number of nitrogens with zero attached hydrogens (tertiary/aromatic N) is 3. The molecule has 0 aromatic carbocycles. The van der Waals surface area contributed by atoms with Crippen molar-refractivity contribution in [2.45, 2.75) is 37.3 Å². The zero-order chi connectivity index (χ0) is 20.1. The number of rotatable bonds is 6. The Morgan fingerprint density at radius 3 is 2.64 bits per heavy atom. The monoisotopic (exact) mass is 396 g/mol. The Labute approximate surface area is 160 Å². The molecule has 1 aromatic heterocycles. The lowest BCUT2D eigenvalue weighted by atomic mass is 10.1. The number of halogens is 2. The summed E-state index contributed by atoms with van der Waals surface area (Å²) in [4.78, 5) is 31.3. The molecule has 3 aliphatic rings. The van der Waals surface area contributed by atoms with Gasteiger partial charge in [-0.1, -0.05) is 0 Å². The molecule has 8 nitrogen and oxygen atoms in total. The molecule has 10 heteroatoms. The van der Waals surface area contributed by atoms with E-state index in [2.05, 4.69) is 4.98 Å². The normalized spacial score (nSPS) is 26.1. The van der Waals surface area contributed by atoms with Gasteiger partial charge in [0.2, 0.25) is 11.8 Å². The molecule has 1 aromatic rings. The van der Waals surface area contributed by atoms with E-state index in [-0.39, 0.29) is 24.5 Å². The Balaban J connectivity index is 1.57. The average molecular weight is 396 g/mol. The number of carbonyl (C=O) groups excluding carboxylic acids is 2. The summed E-state index contributed by atoms with van der Waals surface area (Å²) in [5, 5.41) is 9.80. The Bertz CT molecular complexity index is 794. The molecule has 2 unspecified atom stereocenters. The van der Waals surface area contributed by atoms with Crippen LogP contribution < -0.4 is 15.4 Å². The molecule has 28 heavy (non-hydrogen) atoms. The third-order valence-corrected chi connectivity index (χ3v) is 5.27. The average Bonchev–Trinajstić information content (AvgIpc) is 3.36. The standard InChI is InChI=1S/C18H22F2N4O4/c19-18(20)8-23(9-18)13-4-3-12(22-16(13)28-7-10-1-2-10)17(27)24-6-11(25)5-14(24)15(21)26/h3-4,10-11,14,25H,1-2,5-9H2,(H2,21,26). The first-order valence-electron chi connectivity index (χ1n) is 9.28. The van der Waals surface area contributed by atoms with Crippen molar-refractivity contribution in [2.24, 2.45) is 11.7 Å². The Morgan fingerprint density at radius 1 is 1.32 bits per heavy atom. The number of pyridine rings is 1. The van der Waals surface area contributed by atoms with Crippen molar-refractivity contribution in [3.05, 3.63) is 17.8 Å². The molecular formula is C18H22F2N4O4. The molecule has 0 spiro atoms. The number of anilines is 1. The lowest BCUT2D eigenvalue weighted by Gasteiger charge is -2.40. The number of alkyl halides is 2. The zero-order valence-electron chi connectivity index (χ0n) is 15.2. The predicted octanol–water partition coefficient (Wildman–Crippen LogP) is 0.386. The van der Waals surface area contributed by atoms with Gasteiger partial charge in [-0.15, -0.1) is 0 Å². The first-order chi connectivity index (χ1) is 13.2. The molecule has 0 bridgehead atoms. The number of hydrogen-bond donors (Lipinski definition) is 2. The summed E-state index contributed by atoms with van der Waals surface area (Å²) in [6.45, 7) is -0.464. The highest BCUT2D eigenvalue weighted by Crippen LogP contribution is 2.38. The highest BCUT2D eigenvalue weighted by molar-refractivity contribution is 5.96. The number of hydrogen-bond acceptors (Lipinski definition) is 6. The van der Waals surface area contributed by atoms with E-state index in [1.54, 1.807) is 0 Å². The number of amides is 2. The van der Waals surface area contributed by atoms with Crippen LogP contribution in [0.15, 0.2) is 12.1 Å². The van der Waals surface area contributed by atoms with Crippen molar-refractivity contribution in [3.8, 4) is 5.88 Å². The molecule has 1 aliphatic carbocycles. The van der Waals surface area contributed by atoms with Crippen LogP contribution in [0.4, 0.5) is 14.5 Å². The summed E-state index contributed by atoms with van der Waals surface area (Å²) in [7, 11) is 0. The Hall–Kier alpha value is -2.49. The largest absolute Gasteiger partial charge is 0.476 e. The van der Waals surface area contributed by atoms with Gasteiger partial charge in [-0.05, 0) is 30.9 Å². The smallest absolute Gasteiger partial charge is 0.282 e. The van der Waals surface area contributed by atoms with Crippen LogP contribution >= 0.6 is 0 Å². The molecule has 0 radical (unpaired) electrons. The van der Waals surface area contributed by atoms with Crippen LogP contribution in [0.3, 0.4) is 0 Å². The lowest BCUT2D eigenvalue weighted by Crippen LogP contribution is -2.56. The fourth-order valence-electron chi connectivity index (χ4n) is 3.52. The van der Waals surface area contributed by atoms with Gasteiger partial charge in [0.15, 0.2) is 0 Å². The number of carbonyl (C=O) groups is 2. The molecule has 3 heterocycles. The van der Waals surface area contributed by atoms with Crippen LogP contribution in [0.5, 0.6) is 5.88 Å². The van der Waals surface area contributed by atoms with Gasteiger partial charge in [0.25, 0.3) is 11.8 Å². The van der Waals surface area contributed by atoms with Gasteiger partial charge in [-0.25, -0.2) is 13.8 Å². The molecule has 2 atom stereocenters. The van der Waals surface area contributed by atoms with E-state index in [4.69, 9.17) is 10.5 Å². The third kappa shape index (κ3) is 3.73. The molecule has 4 rings (SSSR count). The number of aliphatic hydroxyl groups is 1. The highest BCUT2D eigenvalue weighted by Gasteiger charge is 2.45. The minimum absolute atomic E-state index is 0.0159. The van der Waals surface area contributed by atoms with E-state index in [1.807, 2.05) is 0 Å². The van der Waals surface area contributed by atoms with Gasteiger partial charge in [-0.2, -0.15) is 0 Å². The van der Waals surface area contributed by atoms with Crippen LogP contribution in [-0.4, -0.2) is 71.1 Å². The van der Waals surface area contributed by atoms with Gasteiger partial charge < -0.3 is 25.4 Å². The van der Waals surface area contributed by atoms with E-state index >= 15 is 0 Å². The van der Waals surface area contributed by atoms with Crippen LogP contribution in [-0.2, 0) is 4.79 Å². The number of aromatic nitrogens is 1. The minimum atomic E-state index is -2.75. The van der Waals surface area contributed by atoms with Gasteiger partial charge >= 0.3 is 0 Å².